The van der Waals surface area contributed by atoms with Gasteiger partial charge in [-0.15, -0.1) is 0 Å². The number of amides is 1. The second kappa shape index (κ2) is 7.03. The van der Waals surface area contributed by atoms with Crippen molar-refractivity contribution in [3.05, 3.63) is 23.3 Å². The fourth-order valence-electron chi connectivity index (χ4n) is 6.63. The van der Waals surface area contributed by atoms with Gasteiger partial charge in [0.2, 0.25) is 5.91 Å². The summed E-state index contributed by atoms with van der Waals surface area (Å²) >= 11 is 0. The molecule has 1 amide bonds. The number of likely N-dealkylation sites (tertiary alicyclic amines) is 1. The molecule has 2 aliphatic heterocycles. The fraction of sp³-hybridized carbons (Fsp3) is 0.696. The number of carbonyl (C=O) groups excluding carboxylic acids is 1. The zero-order valence-corrected chi connectivity index (χ0v) is 17.2. The van der Waals surface area contributed by atoms with E-state index in [9.17, 15) is 4.79 Å². The summed E-state index contributed by atoms with van der Waals surface area (Å²) in [5.41, 5.74) is 4.08. The number of anilines is 1. The molecule has 3 fully saturated rings. The quantitative estimate of drug-likeness (QED) is 0.842. The number of carbonyl (C=O) groups is 1. The summed E-state index contributed by atoms with van der Waals surface area (Å²) in [7, 11) is 4.02. The van der Waals surface area contributed by atoms with E-state index in [1.54, 1.807) is 7.11 Å². The number of hydrogen-bond acceptors (Lipinski definition) is 4. The summed E-state index contributed by atoms with van der Waals surface area (Å²) in [5.74, 6) is 1.65. The van der Waals surface area contributed by atoms with E-state index in [0.29, 0.717) is 11.5 Å². The van der Waals surface area contributed by atoms with Crippen LogP contribution in [0.1, 0.15) is 56.1 Å². The van der Waals surface area contributed by atoms with Crippen LogP contribution in [-0.2, 0) is 16.6 Å². The van der Waals surface area contributed by atoms with E-state index < -0.39 is 0 Å². The van der Waals surface area contributed by atoms with Gasteiger partial charge in [-0.3, -0.25) is 4.79 Å². The molecule has 0 aromatic heterocycles. The smallest absolute Gasteiger partial charge is 0.241 e. The number of hydrogen-bond donors (Lipinski definition) is 2. The highest BCUT2D eigenvalue weighted by atomic mass is 16.5. The first kappa shape index (κ1) is 18.4. The molecule has 1 aromatic rings. The second-order valence-electron chi connectivity index (χ2n) is 9.36. The summed E-state index contributed by atoms with van der Waals surface area (Å²) in [6, 6.07) is 5.05. The summed E-state index contributed by atoms with van der Waals surface area (Å²) in [6.45, 7) is 2.12. The molecule has 1 saturated carbocycles. The number of nitrogens with one attached hydrogen (secondary N) is 2. The third kappa shape index (κ3) is 2.78. The Morgan fingerprint density at radius 1 is 1.25 bits per heavy atom. The number of methoxy groups -OCH3 is 1. The van der Waals surface area contributed by atoms with E-state index >= 15 is 0 Å². The largest absolute Gasteiger partial charge is 0.495 e. The topological polar surface area (TPSA) is 53.6 Å². The maximum atomic E-state index is 12.7. The van der Waals surface area contributed by atoms with Crippen LogP contribution in [0.2, 0.25) is 0 Å². The number of benzene rings is 1. The Kier molecular flexibility index (Phi) is 4.63. The molecule has 0 radical (unpaired) electrons. The highest BCUT2D eigenvalue weighted by molar-refractivity contribution is 5.96. The van der Waals surface area contributed by atoms with Gasteiger partial charge in [-0.25, -0.2) is 0 Å². The molecule has 4 aliphatic rings. The lowest BCUT2D eigenvalue weighted by atomic mass is 9.52. The van der Waals surface area contributed by atoms with Gasteiger partial charge in [-0.05, 0) is 87.8 Å². The van der Waals surface area contributed by atoms with Crippen molar-refractivity contribution in [3.63, 3.8) is 0 Å². The van der Waals surface area contributed by atoms with E-state index in [2.05, 4.69) is 34.7 Å². The van der Waals surface area contributed by atoms with Crippen molar-refractivity contribution in [2.24, 2.45) is 5.92 Å². The summed E-state index contributed by atoms with van der Waals surface area (Å²) in [4.78, 5) is 15.3. The lowest BCUT2D eigenvalue weighted by Gasteiger charge is -2.58. The molecule has 28 heavy (non-hydrogen) atoms. The number of ether oxygens (including phenoxy) is 1. The van der Waals surface area contributed by atoms with E-state index in [1.807, 2.05) is 0 Å². The van der Waals surface area contributed by atoms with E-state index in [4.69, 9.17) is 4.74 Å². The van der Waals surface area contributed by atoms with Crippen LogP contribution in [0.3, 0.4) is 0 Å². The predicted molar refractivity (Wildman–Crippen MR) is 111 cm³/mol. The highest BCUT2D eigenvalue weighted by Crippen LogP contribution is 2.56. The van der Waals surface area contributed by atoms with E-state index in [-0.39, 0.29) is 11.9 Å². The van der Waals surface area contributed by atoms with Crippen molar-refractivity contribution in [3.8, 4) is 5.75 Å². The summed E-state index contributed by atoms with van der Waals surface area (Å²) in [5, 5.41) is 6.45. The SMILES string of the molecule is COc1cc2c(cc1NC(=O)[C@H]1CCCN1)C[C@H]1C3CCCC[C@]23CCN1C. The van der Waals surface area contributed by atoms with Gasteiger partial charge in [0.25, 0.3) is 0 Å². The van der Waals surface area contributed by atoms with Crippen molar-refractivity contribution in [1.82, 2.24) is 10.2 Å². The number of fused-ring (bicyclic) bond motifs is 1. The minimum atomic E-state index is -0.0763. The van der Waals surface area contributed by atoms with Crippen molar-refractivity contribution in [1.29, 1.82) is 0 Å². The van der Waals surface area contributed by atoms with Gasteiger partial charge in [0.05, 0.1) is 18.8 Å². The van der Waals surface area contributed by atoms with Crippen molar-refractivity contribution in [2.75, 3.05) is 32.6 Å². The molecule has 2 heterocycles. The number of rotatable bonds is 3. The predicted octanol–water partition coefficient (Wildman–Crippen LogP) is 3.07. The molecule has 5 rings (SSSR count). The fourth-order valence-corrected chi connectivity index (χ4v) is 6.63. The molecule has 1 aromatic carbocycles. The molecule has 5 heteroatoms. The number of piperidine rings is 1. The molecule has 2 bridgehead atoms. The van der Waals surface area contributed by atoms with Crippen LogP contribution in [0.25, 0.3) is 0 Å². The monoisotopic (exact) mass is 383 g/mol. The van der Waals surface area contributed by atoms with Crippen LogP contribution in [-0.4, -0.2) is 50.1 Å². The Morgan fingerprint density at radius 3 is 2.93 bits per heavy atom. The Hall–Kier alpha value is -1.59. The molecule has 0 spiro atoms. The molecule has 2 aliphatic carbocycles. The Morgan fingerprint density at radius 2 is 2.14 bits per heavy atom. The van der Waals surface area contributed by atoms with Crippen LogP contribution < -0.4 is 15.4 Å². The molecule has 152 valence electrons. The zero-order valence-electron chi connectivity index (χ0n) is 17.2. The third-order valence-electron chi connectivity index (χ3n) is 8.06. The first-order valence-corrected chi connectivity index (χ1v) is 11.1. The van der Waals surface area contributed by atoms with Crippen LogP contribution in [0.15, 0.2) is 12.1 Å². The van der Waals surface area contributed by atoms with Crippen molar-refractivity contribution in [2.45, 2.75) is 68.9 Å². The van der Waals surface area contributed by atoms with Crippen molar-refractivity contribution < 1.29 is 9.53 Å². The molecular weight excluding hydrogens is 350 g/mol. The number of nitrogens with zero attached hydrogens (tertiary/aromatic N) is 1. The van der Waals surface area contributed by atoms with E-state index in [1.165, 1.54) is 49.8 Å². The number of likely N-dealkylation sites (N-methyl/N-ethyl adjacent to an activating group) is 1. The Labute approximate surface area is 168 Å². The standard InChI is InChI=1S/C23H33N3O2/c1-26-11-9-23-8-4-3-6-16(23)20(26)13-15-12-19(21(28-2)14-17(15)23)25-22(27)18-7-5-10-24-18/h12,14,16,18,20,24H,3-11,13H2,1-2H3,(H,25,27)/t16?,18-,20+,23-/m1/s1. The van der Waals surface area contributed by atoms with Crippen LogP contribution in [0.5, 0.6) is 5.75 Å². The van der Waals surface area contributed by atoms with Gasteiger partial charge in [0, 0.05) is 11.5 Å². The minimum absolute atomic E-state index is 0.0672. The summed E-state index contributed by atoms with van der Waals surface area (Å²) < 4.78 is 5.76. The molecule has 2 saturated heterocycles. The molecule has 1 unspecified atom stereocenters. The molecule has 2 N–H and O–H groups in total. The second-order valence-corrected chi connectivity index (χ2v) is 9.36. The first-order chi connectivity index (χ1) is 13.6. The van der Waals surface area contributed by atoms with E-state index in [0.717, 1.165) is 43.2 Å². The van der Waals surface area contributed by atoms with Crippen LogP contribution >= 0.6 is 0 Å². The Bertz CT molecular complexity index is 773. The highest BCUT2D eigenvalue weighted by Gasteiger charge is 2.53. The van der Waals surface area contributed by atoms with Gasteiger partial charge in [0.15, 0.2) is 0 Å². The summed E-state index contributed by atoms with van der Waals surface area (Å²) in [6.07, 6.45) is 9.67. The zero-order chi connectivity index (χ0) is 19.3. The lowest BCUT2D eigenvalue weighted by Crippen LogP contribution is -2.59. The average Bonchev–Trinajstić information content (AvgIpc) is 3.25. The average molecular weight is 384 g/mol. The molecular formula is C23H33N3O2. The van der Waals surface area contributed by atoms with Gasteiger partial charge in [-0.2, -0.15) is 0 Å². The van der Waals surface area contributed by atoms with Crippen LogP contribution in [0.4, 0.5) is 5.69 Å². The van der Waals surface area contributed by atoms with Crippen molar-refractivity contribution >= 4 is 11.6 Å². The van der Waals surface area contributed by atoms with Gasteiger partial charge >= 0.3 is 0 Å². The molecule has 5 nitrogen and oxygen atoms in total. The molecule has 4 atom stereocenters. The third-order valence-corrected chi connectivity index (χ3v) is 8.06. The van der Waals surface area contributed by atoms with Gasteiger partial charge in [-0.1, -0.05) is 12.8 Å². The normalized spacial score (nSPS) is 34.4. The van der Waals surface area contributed by atoms with Gasteiger partial charge < -0.3 is 20.3 Å². The maximum Gasteiger partial charge on any atom is 0.241 e. The van der Waals surface area contributed by atoms with Gasteiger partial charge in [0.1, 0.15) is 5.75 Å². The first-order valence-electron chi connectivity index (χ1n) is 11.1. The van der Waals surface area contributed by atoms with Crippen LogP contribution in [0, 0.1) is 5.92 Å². The minimum Gasteiger partial charge on any atom is -0.495 e. The lowest BCUT2D eigenvalue weighted by molar-refractivity contribution is -0.117. The maximum absolute atomic E-state index is 12.7. The Balaban J connectivity index is 1.53.